The summed E-state index contributed by atoms with van der Waals surface area (Å²) in [5.41, 5.74) is 4.39. The summed E-state index contributed by atoms with van der Waals surface area (Å²) in [6.07, 6.45) is -3.38. The maximum absolute atomic E-state index is 15.0. The van der Waals surface area contributed by atoms with Crippen molar-refractivity contribution in [3.63, 3.8) is 0 Å². The number of nitrogens with zero attached hydrogens (tertiary/aromatic N) is 2. The van der Waals surface area contributed by atoms with E-state index in [1.54, 1.807) is 31.2 Å². The molecule has 250 valence electrons. The molecule has 12 heteroatoms. The Bertz CT molecular complexity index is 1590. The Morgan fingerprint density at radius 2 is 1.68 bits per heavy atom. The van der Waals surface area contributed by atoms with Gasteiger partial charge in [-0.2, -0.15) is 13.2 Å². The number of nitrogens with one attached hydrogen (secondary N) is 2. The molecular formula is C35H38F4N4O4. The van der Waals surface area contributed by atoms with Gasteiger partial charge >= 0.3 is 18.2 Å². The normalized spacial score (nSPS) is 17.7. The standard InChI is InChI=1S/C35H38F4N4O4/c1-23-21-42(14-15-43(23)34(46)47-33(45)35(37,38)39)22-27-5-3-6-28(18-27)30-19-26(8-9-31(30)36)20-41-32(44)29-7-2-4-25(17-29)16-24-10-12-40-13-11-24/h2-9,17-19,23-24,40H,10-16,20-22H2,1H3,(H,41,44)/t23-/m0/s1. The fraction of sp³-hybridized carbons (Fsp3) is 0.400. The number of carbonyl (C=O) groups excluding carboxylic acids is 3. The van der Waals surface area contributed by atoms with Crippen LogP contribution in [-0.4, -0.2) is 72.7 Å². The molecule has 47 heavy (non-hydrogen) atoms. The Labute approximate surface area is 271 Å². The van der Waals surface area contributed by atoms with Crippen LogP contribution in [0.25, 0.3) is 11.1 Å². The van der Waals surface area contributed by atoms with Crippen molar-refractivity contribution in [2.45, 2.75) is 51.5 Å². The quantitative estimate of drug-likeness (QED) is 0.184. The molecule has 3 aromatic carbocycles. The summed E-state index contributed by atoms with van der Waals surface area (Å²) in [6.45, 7) is 5.14. The summed E-state index contributed by atoms with van der Waals surface area (Å²) in [5, 5.41) is 6.33. The molecule has 5 rings (SSSR count). The van der Waals surface area contributed by atoms with Crippen LogP contribution in [0.5, 0.6) is 0 Å². The third-order valence-corrected chi connectivity index (χ3v) is 8.66. The van der Waals surface area contributed by atoms with Crippen molar-refractivity contribution in [1.82, 2.24) is 20.4 Å². The predicted octanol–water partition coefficient (Wildman–Crippen LogP) is 5.70. The van der Waals surface area contributed by atoms with Gasteiger partial charge in [-0.25, -0.2) is 14.0 Å². The van der Waals surface area contributed by atoms with Gasteiger partial charge in [0.15, 0.2) is 0 Å². The minimum Gasteiger partial charge on any atom is -0.369 e. The number of hydrogen-bond donors (Lipinski definition) is 2. The first-order chi connectivity index (χ1) is 22.5. The van der Waals surface area contributed by atoms with Crippen molar-refractivity contribution in [1.29, 1.82) is 0 Å². The number of alkyl halides is 3. The van der Waals surface area contributed by atoms with Gasteiger partial charge in [0.1, 0.15) is 5.82 Å². The number of esters is 1. The summed E-state index contributed by atoms with van der Waals surface area (Å²) in [6, 6.07) is 19.3. The van der Waals surface area contributed by atoms with E-state index in [1.807, 2.05) is 35.2 Å². The zero-order valence-electron chi connectivity index (χ0n) is 26.1. The third-order valence-electron chi connectivity index (χ3n) is 8.66. The highest BCUT2D eigenvalue weighted by Crippen LogP contribution is 2.27. The van der Waals surface area contributed by atoms with Crippen LogP contribution >= 0.6 is 0 Å². The highest BCUT2D eigenvalue weighted by molar-refractivity contribution is 5.94. The van der Waals surface area contributed by atoms with Gasteiger partial charge in [0, 0.05) is 49.9 Å². The van der Waals surface area contributed by atoms with E-state index in [9.17, 15) is 27.6 Å². The van der Waals surface area contributed by atoms with E-state index in [2.05, 4.69) is 21.4 Å². The largest absolute Gasteiger partial charge is 0.491 e. The molecule has 2 saturated heterocycles. The second kappa shape index (κ2) is 15.1. The zero-order chi connectivity index (χ0) is 33.6. The van der Waals surface area contributed by atoms with Gasteiger partial charge in [0.25, 0.3) is 5.91 Å². The maximum Gasteiger partial charge on any atom is 0.491 e. The Hall–Kier alpha value is -4.29. The van der Waals surface area contributed by atoms with E-state index in [4.69, 9.17) is 0 Å². The van der Waals surface area contributed by atoms with E-state index < -0.39 is 30.1 Å². The van der Waals surface area contributed by atoms with Gasteiger partial charge in [-0.15, -0.1) is 0 Å². The molecule has 0 bridgehead atoms. The van der Waals surface area contributed by atoms with E-state index in [0.29, 0.717) is 42.2 Å². The molecule has 2 aliphatic heterocycles. The molecule has 8 nitrogen and oxygen atoms in total. The van der Waals surface area contributed by atoms with E-state index in [-0.39, 0.29) is 19.0 Å². The second-order valence-corrected chi connectivity index (χ2v) is 12.2. The molecule has 2 amide bonds. The average molecular weight is 655 g/mol. The average Bonchev–Trinajstić information content (AvgIpc) is 3.04. The highest BCUT2D eigenvalue weighted by Gasteiger charge is 2.44. The molecule has 1 atom stereocenters. The van der Waals surface area contributed by atoms with Gasteiger partial charge in [-0.3, -0.25) is 9.69 Å². The van der Waals surface area contributed by atoms with Crippen LogP contribution in [0.3, 0.4) is 0 Å². The molecule has 2 fully saturated rings. The molecule has 0 saturated carbocycles. The number of piperidine rings is 1. The van der Waals surface area contributed by atoms with E-state index >= 15 is 4.39 Å². The lowest BCUT2D eigenvalue weighted by Crippen LogP contribution is -2.54. The molecule has 2 aliphatic rings. The summed E-state index contributed by atoms with van der Waals surface area (Å²) in [5.74, 6) is -2.53. The number of hydrogen-bond acceptors (Lipinski definition) is 6. The molecular weight excluding hydrogens is 616 g/mol. The van der Waals surface area contributed by atoms with Crippen LogP contribution in [0.15, 0.2) is 66.7 Å². The third kappa shape index (κ3) is 9.17. The van der Waals surface area contributed by atoms with Gasteiger partial charge < -0.3 is 20.3 Å². The summed E-state index contributed by atoms with van der Waals surface area (Å²) in [7, 11) is 0. The van der Waals surface area contributed by atoms with Crippen LogP contribution < -0.4 is 10.6 Å². The number of piperazine rings is 1. The van der Waals surface area contributed by atoms with Crippen molar-refractivity contribution in [2.75, 3.05) is 32.7 Å². The van der Waals surface area contributed by atoms with Crippen molar-refractivity contribution in [2.24, 2.45) is 5.92 Å². The summed E-state index contributed by atoms with van der Waals surface area (Å²) in [4.78, 5) is 39.3. The number of rotatable bonds is 8. The monoisotopic (exact) mass is 654 g/mol. The molecule has 2 heterocycles. The summed E-state index contributed by atoms with van der Waals surface area (Å²) >= 11 is 0. The Morgan fingerprint density at radius 1 is 0.936 bits per heavy atom. The molecule has 0 aromatic heterocycles. The molecule has 3 aromatic rings. The lowest BCUT2D eigenvalue weighted by Gasteiger charge is -2.39. The lowest BCUT2D eigenvalue weighted by molar-refractivity contribution is -0.194. The van der Waals surface area contributed by atoms with Gasteiger partial charge in [0.05, 0.1) is 0 Å². The molecule has 0 radical (unpaired) electrons. The minimum absolute atomic E-state index is 0.0791. The van der Waals surface area contributed by atoms with Crippen LogP contribution in [0.2, 0.25) is 0 Å². The topological polar surface area (TPSA) is 91.0 Å². The fourth-order valence-electron chi connectivity index (χ4n) is 6.19. The van der Waals surface area contributed by atoms with Crippen LogP contribution in [0.1, 0.15) is 46.8 Å². The van der Waals surface area contributed by atoms with Crippen molar-refractivity contribution in [3.8, 4) is 11.1 Å². The Balaban J connectivity index is 1.18. The highest BCUT2D eigenvalue weighted by atomic mass is 19.4. The first-order valence-electron chi connectivity index (χ1n) is 15.7. The number of halogens is 4. The fourth-order valence-corrected chi connectivity index (χ4v) is 6.19. The first-order valence-corrected chi connectivity index (χ1v) is 15.7. The SMILES string of the molecule is C[C@H]1CN(Cc2cccc(-c3cc(CNC(=O)c4cccc(CC5CCNCC5)c4)ccc3F)c2)CCN1C(=O)OC(=O)C(F)(F)F. The van der Waals surface area contributed by atoms with Crippen molar-refractivity contribution >= 4 is 18.0 Å². The predicted molar refractivity (Wildman–Crippen MR) is 168 cm³/mol. The molecule has 2 N–H and O–H groups in total. The second-order valence-electron chi connectivity index (χ2n) is 12.2. The zero-order valence-corrected chi connectivity index (χ0v) is 26.1. The first kappa shape index (κ1) is 34.1. The Kier molecular flexibility index (Phi) is 10.9. The van der Waals surface area contributed by atoms with Crippen LogP contribution in [-0.2, 0) is 29.0 Å². The van der Waals surface area contributed by atoms with Gasteiger partial charge in [0.2, 0.25) is 0 Å². The van der Waals surface area contributed by atoms with Crippen LogP contribution in [0.4, 0.5) is 22.4 Å². The number of ether oxygens (including phenoxy) is 1. The molecule has 0 aliphatic carbocycles. The summed E-state index contributed by atoms with van der Waals surface area (Å²) < 4.78 is 56.5. The molecule has 0 spiro atoms. The maximum atomic E-state index is 15.0. The van der Waals surface area contributed by atoms with Crippen molar-refractivity contribution < 1.29 is 36.7 Å². The molecule has 0 unspecified atom stereocenters. The smallest absolute Gasteiger partial charge is 0.369 e. The minimum atomic E-state index is -5.25. The van der Waals surface area contributed by atoms with Gasteiger partial charge in [-0.05, 0) is 97.8 Å². The number of carbonyl (C=O) groups is 3. The Morgan fingerprint density at radius 3 is 2.43 bits per heavy atom. The number of benzene rings is 3. The van der Waals surface area contributed by atoms with Gasteiger partial charge in [-0.1, -0.05) is 36.4 Å². The van der Waals surface area contributed by atoms with Crippen molar-refractivity contribution in [3.05, 3.63) is 94.8 Å². The lowest BCUT2D eigenvalue weighted by atomic mass is 9.90. The van der Waals surface area contributed by atoms with E-state index in [0.717, 1.165) is 53.9 Å². The van der Waals surface area contributed by atoms with Crippen LogP contribution in [0, 0.1) is 11.7 Å². The van der Waals surface area contributed by atoms with E-state index in [1.165, 1.54) is 6.07 Å². The number of amides is 2.